The van der Waals surface area contributed by atoms with Gasteiger partial charge in [0.1, 0.15) is 12.1 Å². The molecule has 0 radical (unpaired) electrons. The Hall–Kier alpha value is -1.65. The molecule has 0 amide bonds. The Morgan fingerprint density at radius 3 is 2.81 bits per heavy atom. The first-order chi connectivity index (χ1) is 9.98. The normalized spacial score (nSPS) is 14.6. The first-order valence-electron chi connectivity index (χ1n) is 7.76. The molecular weight excluding hydrogens is 266 g/mol. The van der Waals surface area contributed by atoms with Crippen molar-refractivity contribution < 1.29 is 9.90 Å². The van der Waals surface area contributed by atoms with Gasteiger partial charge in [-0.15, -0.1) is 0 Å². The Kier molecular flexibility index (Phi) is 5.15. The topological polar surface area (TPSA) is 75.1 Å². The second kappa shape index (κ2) is 6.87. The predicted molar refractivity (Wildman–Crippen MR) is 82.4 cm³/mol. The zero-order valence-corrected chi connectivity index (χ0v) is 13.0. The van der Waals surface area contributed by atoms with Crippen molar-refractivity contribution in [1.29, 1.82) is 0 Å². The maximum atomic E-state index is 10.7. The molecule has 1 aromatic heterocycles. The van der Waals surface area contributed by atoms with Crippen LogP contribution in [-0.4, -0.2) is 27.6 Å². The molecule has 0 aliphatic heterocycles. The fourth-order valence-corrected chi connectivity index (χ4v) is 2.76. The van der Waals surface area contributed by atoms with Crippen LogP contribution in [0.4, 0.5) is 5.82 Å². The quantitative estimate of drug-likeness (QED) is 0.807. The molecule has 0 saturated carbocycles. The van der Waals surface area contributed by atoms with Gasteiger partial charge < -0.3 is 10.4 Å². The summed E-state index contributed by atoms with van der Waals surface area (Å²) in [6.07, 6.45) is 8.03. The van der Waals surface area contributed by atoms with Crippen LogP contribution in [0.5, 0.6) is 0 Å². The van der Waals surface area contributed by atoms with Crippen LogP contribution in [0, 0.1) is 5.41 Å². The van der Waals surface area contributed by atoms with E-state index in [1.54, 1.807) is 6.33 Å². The molecule has 21 heavy (non-hydrogen) atoms. The van der Waals surface area contributed by atoms with Crippen molar-refractivity contribution in [2.24, 2.45) is 5.41 Å². The first kappa shape index (κ1) is 15.7. The summed E-state index contributed by atoms with van der Waals surface area (Å²) in [5.74, 6) is 0.245. The van der Waals surface area contributed by atoms with Crippen LogP contribution in [0.1, 0.15) is 57.2 Å². The molecule has 5 heteroatoms. The summed E-state index contributed by atoms with van der Waals surface area (Å²) in [6.45, 7) is 5.05. The fraction of sp³-hybridized carbons (Fsp3) is 0.688. The Labute approximate surface area is 126 Å². The van der Waals surface area contributed by atoms with Gasteiger partial charge in [0.25, 0.3) is 0 Å². The van der Waals surface area contributed by atoms with Crippen LogP contribution in [-0.2, 0) is 17.6 Å². The molecule has 116 valence electrons. The Bertz CT molecular complexity index is 500. The van der Waals surface area contributed by atoms with E-state index in [9.17, 15) is 4.79 Å². The number of carboxylic acid groups (broad SMARTS) is 1. The number of carboxylic acids is 1. The van der Waals surface area contributed by atoms with Gasteiger partial charge in [-0.05, 0) is 43.9 Å². The zero-order chi connectivity index (χ0) is 15.3. The SMILES string of the molecule is CC(C)(CCNc1ncnc2c1CCCC2)CCC(=O)O. The van der Waals surface area contributed by atoms with E-state index < -0.39 is 5.97 Å². The van der Waals surface area contributed by atoms with Gasteiger partial charge in [-0.3, -0.25) is 4.79 Å². The van der Waals surface area contributed by atoms with E-state index in [0.717, 1.165) is 31.6 Å². The molecule has 1 heterocycles. The number of hydrogen-bond acceptors (Lipinski definition) is 4. The highest BCUT2D eigenvalue weighted by Gasteiger charge is 2.20. The molecule has 0 bridgehead atoms. The van der Waals surface area contributed by atoms with Gasteiger partial charge in [0, 0.05) is 24.2 Å². The number of aryl methyl sites for hydroxylation is 1. The van der Waals surface area contributed by atoms with Crippen molar-refractivity contribution in [2.75, 3.05) is 11.9 Å². The zero-order valence-electron chi connectivity index (χ0n) is 13.0. The molecule has 0 aromatic carbocycles. The third-order valence-corrected chi connectivity index (χ3v) is 4.23. The summed E-state index contributed by atoms with van der Waals surface area (Å²) in [6, 6.07) is 0. The van der Waals surface area contributed by atoms with E-state index in [4.69, 9.17) is 5.11 Å². The van der Waals surface area contributed by atoms with E-state index in [0.29, 0.717) is 6.42 Å². The number of fused-ring (bicyclic) bond motifs is 1. The third-order valence-electron chi connectivity index (χ3n) is 4.23. The standard InChI is InChI=1S/C16H25N3O2/c1-16(2,8-7-14(20)21)9-10-17-15-12-5-3-4-6-13(12)18-11-19-15/h11H,3-10H2,1-2H3,(H,20,21)(H,17,18,19). The minimum Gasteiger partial charge on any atom is -0.481 e. The summed E-state index contributed by atoms with van der Waals surface area (Å²) in [4.78, 5) is 19.4. The summed E-state index contributed by atoms with van der Waals surface area (Å²) in [5.41, 5.74) is 2.48. The van der Waals surface area contributed by atoms with E-state index in [1.165, 1.54) is 24.1 Å². The van der Waals surface area contributed by atoms with E-state index in [-0.39, 0.29) is 11.8 Å². The number of hydrogen-bond donors (Lipinski definition) is 2. The van der Waals surface area contributed by atoms with Crippen molar-refractivity contribution in [1.82, 2.24) is 9.97 Å². The average molecular weight is 291 g/mol. The minimum absolute atomic E-state index is 0.0263. The van der Waals surface area contributed by atoms with E-state index in [1.807, 2.05) is 0 Å². The van der Waals surface area contributed by atoms with Gasteiger partial charge in [0.05, 0.1) is 0 Å². The Morgan fingerprint density at radius 2 is 2.05 bits per heavy atom. The number of carbonyl (C=O) groups is 1. The molecule has 0 spiro atoms. The molecule has 0 atom stereocenters. The van der Waals surface area contributed by atoms with Crippen molar-refractivity contribution in [3.8, 4) is 0 Å². The maximum Gasteiger partial charge on any atom is 0.303 e. The lowest BCUT2D eigenvalue weighted by molar-refractivity contribution is -0.137. The number of aliphatic carboxylic acids is 1. The fourth-order valence-electron chi connectivity index (χ4n) is 2.76. The van der Waals surface area contributed by atoms with Crippen LogP contribution < -0.4 is 5.32 Å². The van der Waals surface area contributed by atoms with E-state index >= 15 is 0 Å². The largest absolute Gasteiger partial charge is 0.481 e. The lowest BCUT2D eigenvalue weighted by atomic mass is 9.84. The van der Waals surface area contributed by atoms with Crippen molar-refractivity contribution in [2.45, 2.75) is 58.8 Å². The van der Waals surface area contributed by atoms with Gasteiger partial charge in [0.2, 0.25) is 0 Å². The lowest BCUT2D eigenvalue weighted by Crippen LogP contribution is -2.20. The molecule has 1 aliphatic carbocycles. The van der Waals surface area contributed by atoms with Crippen LogP contribution in [0.15, 0.2) is 6.33 Å². The van der Waals surface area contributed by atoms with E-state index in [2.05, 4.69) is 29.1 Å². The summed E-state index contributed by atoms with van der Waals surface area (Å²) < 4.78 is 0. The number of nitrogens with one attached hydrogen (secondary N) is 1. The van der Waals surface area contributed by atoms with Crippen molar-refractivity contribution in [3.63, 3.8) is 0 Å². The van der Waals surface area contributed by atoms with Crippen molar-refractivity contribution in [3.05, 3.63) is 17.6 Å². The molecule has 0 unspecified atom stereocenters. The number of rotatable bonds is 7. The molecule has 0 fully saturated rings. The number of aromatic nitrogens is 2. The van der Waals surface area contributed by atoms with Crippen LogP contribution in [0.3, 0.4) is 0 Å². The Morgan fingerprint density at radius 1 is 1.29 bits per heavy atom. The monoisotopic (exact) mass is 291 g/mol. The van der Waals surface area contributed by atoms with Crippen molar-refractivity contribution >= 4 is 11.8 Å². The van der Waals surface area contributed by atoms with Gasteiger partial charge in [-0.25, -0.2) is 9.97 Å². The molecule has 5 nitrogen and oxygen atoms in total. The molecule has 0 saturated heterocycles. The van der Waals surface area contributed by atoms with Gasteiger partial charge in [-0.2, -0.15) is 0 Å². The van der Waals surface area contributed by atoms with Crippen LogP contribution >= 0.6 is 0 Å². The summed E-state index contributed by atoms with van der Waals surface area (Å²) in [5, 5.41) is 12.2. The molecule has 1 aromatic rings. The van der Waals surface area contributed by atoms with Gasteiger partial charge in [-0.1, -0.05) is 13.8 Å². The highest BCUT2D eigenvalue weighted by Crippen LogP contribution is 2.28. The molecule has 1 aliphatic rings. The average Bonchev–Trinajstić information content (AvgIpc) is 2.45. The van der Waals surface area contributed by atoms with Crippen LogP contribution in [0.25, 0.3) is 0 Å². The van der Waals surface area contributed by atoms with Gasteiger partial charge in [0.15, 0.2) is 0 Å². The highest BCUT2D eigenvalue weighted by molar-refractivity contribution is 5.66. The second-order valence-electron chi connectivity index (χ2n) is 6.59. The summed E-state index contributed by atoms with van der Waals surface area (Å²) >= 11 is 0. The highest BCUT2D eigenvalue weighted by atomic mass is 16.4. The smallest absolute Gasteiger partial charge is 0.303 e. The summed E-state index contributed by atoms with van der Waals surface area (Å²) in [7, 11) is 0. The molecule has 2 rings (SSSR count). The third kappa shape index (κ3) is 4.69. The predicted octanol–water partition coefficient (Wildman–Crippen LogP) is 3.05. The lowest BCUT2D eigenvalue weighted by Gasteiger charge is -2.25. The number of nitrogens with zero attached hydrogens (tertiary/aromatic N) is 2. The Balaban J connectivity index is 1.87. The molecular formula is C16H25N3O2. The second-order valence-corrected chi connectivity index (χ2v) is 6.59. The minimum atomic E-state index is -0.721. The first-order valence-corrected chi connectivity index (χ1v) is 7.76. The molecule has 2 N–H and O–H groups in total. The number of anilines is 1. The van der Waals surface area contributed by atoms with Gasteiger partial charge >= 0.3 is 5.97 Å². The maximum absolute atomic E-state index is 10.7. The van der Waals surface area contributed by atoms with Crippen LogP contribution in [0.2, 0.25) is 0 Å².